The number of anilines is 1. The zero-order chi connectivity index (χ0) is 15.4. The molecule has 0 aromatic heterocycles. The number of nitrogens with one attached hydrogen (secondary N) is 1. The minimum absolute atomic E-state index is 0.140. The number of halogens is 1. The van der Waals surface area contributed by atoms with Gasteiger partial charge in [0.05, 0.1) is 0 Å². The van der Waals surface area contributed by atoms with Gasteiger partial charge in [-0.15, -0.1) is 0 Å². The van der Waals surface area contributed by atoms with Crippen molar-refractivity contribution >= 4 is 5.69 Å². The van der Waals surface area contributed by atoms with Gasteiger partial charge in [-0.25, -0.2) is 4.39 Å². The first-order valence-corrected chi connectivity index (χ1v) is 8.30. The second-order valence-corrected chi connectivity index (χ2v) is 6.62. The number of rotatable bonds is 6. The van der Waals surface area contributed by atoms with Crippen molar-refractivity contribution < 1.29 is 4.39 Å². The molecule has 0 aliphatic carbocycles. The zero-order valence-corrected chi connectivity index (χ0v) is 13.8. The molecule has 0 amide bonds. The van der Waals surface area contributed by atoms with Gasteiger partial charge >= 0.3 is 0 Å². The van der Waals surface area contributed by atoms with Gasteiger partial charge in [-0.3, -0.25) is 0 Å². The van der Waals surface area contributed by atoms with Gasteiger partial charge in [-0.2, -0.15) is 0 Å². The number of nitrogens with zero attached hydrogens (tertiary/aromatic N) is 1. The lowest BCUT2D eigenvalue weighted by Crippen LogP contribution is -2.26. The van der Waals surface area contributed by atoms with Crippen LogP contribution >= 0.6 is 0 Å². The molecule has 1 aliphatic heterocycles. The van der Waals surface area contributed by atoms with Gasteiger partial charge in [0.2, 0.25) is 0 Å². The maximum Gasteiger partial charge on any atom is 0.123 e. The minimum Gasteiger partial charge on any atom is -0.371 e. The second kappa shape index (κ2) is 7.26. The van der Waals surface area contributed by atoms with Gasteiger partial charge in [-0.1, -0.05) is 20.8 Å². The van der Waals surface area contributed by atoms with E-state index in [1.54, 1.807) is 12.1 Å². The topological polar surface area (TPSA) is 15.3 Å². The zero-order valence-electron chi connectivity index (χ0n) is 13.8. The van der Waals surface area contributed by atoms with Gasteiger partial charge in [0.15, 0.2) is 0 Å². The monoisotopic (exact) mass is 292 g/mol. The van der Waals surface area contributed by atoms with Crippen molar-refractivity contribution in [2.24, 2.45) is 11.8 Å². The van der Waals surface area contributed by atoms with E-state index in [1.165, 1.54) is 12.1 Å². The first-order chi connectivity index (χ1) is 10.0. The van der Waals surface area contributed by atoms with E-state index < -0.39 is 0 Å². The Morgan fingerprint density at radius 2 is 2.10 bits per heavy atom. The van der Waals surface area contributed by atoms with Crippen LogP contribution in [0.3, 0.4) is 0 Å². The van der Waals surface area contributed by atoms with Crippen molar-refractivity contribution in [3.63, 3.8) is 0 Å². The summed E-state index contributed by atoms with van der Waals surface area (Å²) in [7, 11) is 0. The molecule has 2 atom stereocenters. The van der Waals surface area contributed by atoms with Crippen LogP contribution in [0.5, 0.6) is 0 Å². The molecule has 118 valence electrons. The van der Waals surface area contributed by atoms with Crippen molar-refractivity contribution in [3.8, 4) is 0 Å². The third kappa shape index (κ3) is 3.97. The average molecular weight is 292 g/mol. The Kier molecular flexibility index (Phi) is 5.63. The lowest BCUT2D eigenvalue weighted by molar-refractivity contribution is 0.422. The highest BCUT2D eigenvalue weighted by molar-refractivity contribution is 5.56. The van der Waals surface area contributed by atoms with Crippen LogP contribution in [0.15, 0.2) is 18.2 Å². The Morgan fingerprint density at radius 1 is 1.33 bits per heavy atom. The van der Waals surface area contributed by atoms with Gasteiger partial charge < -0.3 is 10.2 Å². The molecule has 2 nitrogen and oxygen atoms in total. The largest absolute Gasteiger partial charge is 0.371 e. The highest BCUT2D eigenvalue weighted by atomic mass is 19.1. The summed E-state index contributed by atoms with van der Waals surface area (Å²) in [5, 5.41) is 3.48. The lowest BCUT2D eigenvalue weighted by atomic mass is 9.95. The molecule has 2 rings (SSSR count). The molecule has 1 N–H and O–H groups in total. The van der Waals surface area contributed by atoms with Crippen LogP contribution in [0, 0.1) is 17.7 Å². The quantitative estimate of drug-likeness (QED) is 0.837. The molecule has 0 spiro atoms. The summed E-state index contributed by atoms with van der Waals surface area (Å²) in [5.41, 5.74) is 2.29. The molecule has 1 aromatic carbocycles. The Labute approximate surface area is 128 Å². The maximum absolute atomic E-state index is 13.7. The molecular formula is C18H29FN2. The molecule has 1 fully saturated rings. The second-order valence-electron chi connectivity index (χ2n) is 6.62. The minimum atomic E-state index is -0.140. The Bertz CT molecular complexity index is 459. The molecule has 21 heavy (non-hydrogen) atoms. The Balaban J connectivity index is 2.19. The normalized spacial score (nSPS) is 20.3. The summed E-state index contributed by atoms with van der Waals surface area (Å²) in [6, 6.07) is 5.44. The third-order valence-electron chi connectivity index (χ3n) is 4.66. The molecule has 2 unspecified atom stereocenters. The molecule has 0 radical (unpaired) electrons. The highest BCUT2D eigenvalue weighted by Crippen LogP contribution is 2.33. The van der Waals surface area contributed by atoms with Gasteiger partial charge in [-0.05, 0) is 61.9 Å². The first kappa shape index (κ1) is 16.3. The summed E-state index contributed by atoms with van der Waals surface area (Å²) < 4.78 is 13.7. The summed E-state index contributed by atoms with van der Waals surface area (Å²) in [4.78, 5) is 2.43. The number of benzene rings is 1. The van der Waals surface area contributed by atoms with Crippen LogP contribution in [0.4, 0.5) is 10.1 Å². The standard InChI is InChI=1S/C18H29FN2/c1-5-9-20-14(4)17-11-16(19)6-7-18(17)21-10-8-15(12-21)13(2)3/h6-7,11,13-15,20H,5,8-10,12H2,1-4H3. The van der Waals surface area contributed by atoms with Crippen LogP contribution in [0.1, 0.15) is 52.1 Å². The van der Waals surface area contributed by atoms with E-state index in [4.69, 9.17) is 0 Å². The van der Waals surface area contributed by atoms with Gasteiger partial charge in [0, 0.05) is 24.8 Å². The molecule has 1 aliphatic rings. The third-order valence-corrected chi connectivity index (χ3v) is 4.66. The summed E-state index contributed by atoms with van der Waals surface area (Å²) in [5.74, 6) is 1.33. The van der Waals surface area contributed by atoms with Crippen LogP contribution in [-0.4, -0.2) is 19.6 Å². The fourth-order valence-corrected chi connectivity index (χ4v) is 3.18. The van der Waals surface area contributed by atoms with E-state index in [1.807, 2.05) is 6.07 Å². The predicted octanol–water partition coefficient (Wildman–Crippen LogP) is 4.37. The van der Waals surface area contributed by atoms with Crippen molar-refractivity contribution in [2.45, 2.75) is 46.6 Å². The van der Waals surface area contributed by atoms with E-state index in [0.29, 0.717) is 0 Å². The van der Waals surface area contributed by atoms with E-state index >= 15 is 0 Å². The fourth-order valence-electron chi connectivity index (χ4n) is 3.18. The van der Waals surface area contributed by atoms with Crippen LogP contribution < -0.4 is 10.2 Å². The van der Waals surface area contributed by atoms with Crippen molar-refractivity contribution in [1.82, 2.24) is 5.32 Å². The van der Waals surface area contributed by atoms with Crippen LogP contribution in [-0.2, 0) is 0 Å². The SMILES string of the molecule is CCCNC(C)c1cc(F)ccc1N1CCC(C(C)C)C1. The molecule has 3 heteroatoms. The van der Waals surface area contributed by atoms with Crippen molar-refractivity contribution in [1.29, 1.82) is 0 Å². The summed E-state index contributed by atoms with van der Waals surface area (Å²) in [6.45, 7) is 12.0. The van der Waals surface area contributed by atoms with Crippen LogP contribution in [0.2, 0.25) is 0 Å². The van der Waals surface area contributed by atoms with E-state index in [0.717, 1.165) is 43.5 Å². The molecule has 1 saturated heterocycles. The van der Waals surface area contributed by atoms with Crippen molar-refractivity contribution in [3.05, 3.63) is 29.6 Å². The van der Waals surface area contributed by atoms with Gasteiger partial charge in [0.25, 0.3) is 0 Å². The fraction of sp³-hybridized carbons (Fsp3) is 0.667. The number of hydrogen-bond acceptors (Lipinski definition) is 2. The Morgan fingerprint density at radius 3 is 2.71 bits per heavy atom. The van der Waals surface area contributed by atoms with E-state index in [-0.39, 0.29) is 11.9 Å². The molecule has 1 aromatic rings. The Hall–Kier alpha value is -1.09. The van der Waals surface area contributed by atoms with E-state index in [2.05, 4.69) is 37.9 Å². The predicted molar refractivity (Wildman–Crippen MR) is 88.3 cm³/mol. The van der Waals surface area contributed by atoms with Gasteiger partial charge in [0.1, 0.15) is 5.82 Å². The molecule has 1 heterocycles. The maximum atomic E-state index is 13.7. The summed E-state index contributed by atoms with van der Waals surface area (Å²) >= 11 is 0. The van der Waals surface area contributed by atoms with Crippen LogP contribution in [0.25, 0.3) is 0 Å². The average Bonchev–Trinajstić information content (AvgIpc) is 2.94. The molecule has 0 saturated carbocycles. The molecule has 0 bridgehead atoms. The highest BCUT2D eigenvalue weighted by Gasteiger charge is 2.27. The number of hydrogen-bond donors (Lipinski definition) is 1. The first-order valence-electron chi connectivity index (χ1n) is 8.30. The molecular weight excluding hydrogens is 263 g/mol. The summed E-state index contributed by atoms with van der Waals surface area (Å²) in [6.07, 6.45) is 2.33. The van der Waals surface area contributed by atoms with Crippen molar-refractivity contribution in [2.75, 3.05) is 24.5 Å². The lowest BCUT2D eigenvalue weighted by Gasteiger charge is -2.26. The smallest absolute Gasteiger partial charge is 0.123 e. The van der Waals surface area contributed by atoms with E-state index in [9.17, 15) is 4.39 Å².